The standard InChI is InChI=1S/C24H28N4O2/c1-3-4-5-6-13-30-19-10-7-17(8-11-19)23-26-20-12-9-18(14-21(20)27-23)24(2)15-22(29)28-25-16-24/h7-12,14,16H,3-6,13,15H2,1-2H3,(H,26,27)(H,28,29). The fraction of sp³-hybridized carbons (Fsp3) is 0.375. The lowest BCUT2D eigenvalue weighted by molar-refractivity contribution is -0.122. The molecule has 0 spiro atoms. The molecular formula is C24H28N4O2. The van der Waals surface area contributed by atoms with Gasteiger partial charge in [-0.2, -0.15) is 5.10 Å². The maximum absolute atomic E-state index is 11.8. The molecule has 2 heterocycles. The van der Waals surface area contributed by atoms with E-state index in [0.717, 1.165) is 46.8 Å². The number of nitrogens with one attached hydrogen (secondary N) is 2. The first-order chi connectivity index (χ1) is 14.6. The number of amides is 1. The van der Waals surface area contributed by atoms with Crippen LogP contribution in [0.25, 0.3) is 22.4 Å². The van der Waals surface area contributed by atoms with Crippen molar-refractivity contribution in [2.75, 3.05) is 6.61 Å². The highest BCUT2D eigenvalue weighted by atomic mass is 16.5. The van der Waals surface area contributed by atoms with Crippen molar-refractivity contribution in [2.45, 2.75) is 51.4 Å². The van der Waals surface area contributed by atoms with E-state index in [0.29, 0.717) is 6.42 Å². The largest absolute Gasteiger partial charge is 0.494 e. The van der Waals surface area contributed by atoms with Gasteiger partial charge in [-0.1, -0.05) is 32.3 Å². The summed E-state index contributed by atoms with van der Waals surface area (Å²) in [5.74, 6) is 1.63. The third kappa shape index (κ3) is 4.37. The summed E-state index contributed by atoms with van der Waals surface area (Å²) >= 11 is 0. The molecule has 1 atom stereocenters. The molecule has 2 aromatic carbocycles. The normalized spacial score (nSPS) is 18.5. The van der Waals surface area contributed by atoms with Gasteiger partial charge in [-0.15, -0.1) is 0 Å². The molecule has 6 heteroatoms. The van der Waals surface area contributed by atoms with Crippen LogP contribution in [0.15, 0.2) is 47.6 Å². The summed E-state index contributed by atoms with van der Waals surface area (Å²) in [5.41, 5.74) is 5.96. The van der Waals surface area contributed by atoms with Gasteiger partial charge in [0.25, 0.3) is 0 Å². The highest BCUT2D eigenvalue weighted by Crippen LogP contribution is 2.31. The average molecular weight is 405 g/mol. The van der Waals surface area contributed by atoms with Crippen molar-refractivity contribution in [3.8, 4) is 17.1 Å². The Morgan fingerprint density at radius 3 is 2.70 bits per heavy atom. The lowest BCUT2D eigenvalue weighted by Gasteiger charge is -2.27. The Balaban J connectivity index is 1.49. The second-order valence-corrected chi connectivity index (χ2v) is 8.14. The van der Waals surface area contributed by atoms with Crippen LogP contribution in [0.5, 0.6) is 5.75 Å². The summed E-state index contributed by atoms with van der Waals surface area (Å²) in [6, 6.07) is 14.1. The summed E-state index contributed by atoms with van der Waals surface area (Å²) in [4.78, 5) is 19.9. The van der Waals surface area contributed by atoms with Crippen LogP contribution in [0.2, 0.25) is 0 Å². The Morgan fingerprint density at radius 2 is 1.93 bits per heavy atom. The molecule has 156 valence electrons. The number of nitrogens with zero attached hydrogens (tertiary/aromatic N) is 2. The molecule has 3 aromatic rings. The van der Waals surface area contributed by atoms with Gasteiger partial charge in [-0.05, 0) is 55.3 Å². The van der Waals surface area contributed by atoms with E-state index in [1.54, 1.807) is 6.21 Å². The smallest absolute Gasteiger partial charge is 0.241 e. The van der Waals surface area contributed by atoms with E-state index in [2.05, 4.69) is 28.5 Å². The molecular weight excluding hydrogens is 376 g/mol. The van der Waals surface area contributed by atoms with Gasteiger partial charge in [-0.25, -0.2) is 10.4 Å². The zero-order chi connectivity index (χ0) is 21.0. The number of unbranched alkanes of at least 4 members (excludes halogenated alkanes) is 3. The number of benzene rings is 2. The van der Waals surface area contributed by atoms with Crippen LogP contribution < -0.4 is 10.2 Å². The van der Waals surface area contributed by atoms with Crippen molar-refractivity contribution < 1.29 is 9.53 Å². The van der Waals surface area contributed by atoms with Gasteiger partial charge in [-0.3, -0.25) is 4.79 Å². The quantitative estimate of drug-likeness (QED) is 0.521. The highest BCUT2D eigenvalue weighted by molar-refractivity contribution is 5.90. The maximum atomic E-state index is 11.8. The number of fused-ring (bicyclic) bond motifs is 1. The molecule has 4 rings (SSSR count). The fourth-order valence-electron chi connectivity index (χ4n) is 3.77. The second-order valence-electron chi connectivity index (χ2n) is 8.14. The first-order valence-electron chi connectivity index (χ1n) is 10.6. The SMILES string of the molecule is CCCCCCOc1ccc(-c2nc3ccc(C4(C)C=NNC(=O)C4)cc3[nH]2)cc1. The predicted molar refractivity (Wildman–Crippen MR) is 120 cm³/mol. The Bertz CT molecular complexity index is 1050. The number of hydrogen-bond acceptors (Lipinski definition) is 4. The van der Waals surface area contributed by atoms with Crippen LogP contribution in [0.4, 0.5) is 0 Å². The number of imidazole rings is 1. The van der Waals surface area contributed by atoms with E-state index in [1.165, 1.54) is 19.3 Å². The highest BCUT2D eigenvalue weighted by Gasteiger charge is 2.31. The van der Waals surface area contributed by atoms with Crippen LogP contribution in [-0.2, 0) is 10.2 Å². The Kier molecular flexibility index (Phi) is 5.84. The first kappa shape index (κ1) is 20.1. The van der Waals surface area contributed by atoms with Gasteiger partial charge in [0.05, 0.1) is 17.6 Å². The molecule has 1 aliphatic rings. The molecule has 1 aliphatic heterocycles. The van der Waals surface area contributed by atoms with Gasteiger partial charge in [0.2, 0.25) is 5.91 Å². The molecule has 0 fully saturated rings. The van der Waals surface area contributed by atoms with E-state index in [9.17, 15) is 4.79 Å². The Hall–Kier alpha value is -3.15. The Labute approximate surface area is 176 Å². The van der Waals surface area contributed by atoms with Crippen molar-refractivity contribution >= 4 is 23.2 Å². The molecule has 0 aliphatic carbocycles. The number of carbonyl (C=O) groups is 1. The molecule has 1 unspecified atom stereocenters. The summed E-state index contributed by atoms with van der Waals surface area (Å²) in [6.45, 7) is 4.99. The maximum Gasteiger partial charge on any atom is 0.241 e. The van der Waals surface area contributed by atoms with Crippen LogP contribution in [0.1, 0.15) is 51.5 Å². The Morgan fingerprint density at radius 1 is 1.10 bits per heavy atom. The molecule has 0 bridgehead atoms. The van der Waals surface area contributed by atoms with Crippen molar-refractivity contribution in [2.24, 2.45) is 5.10 Å². The number of carbonyl (C=O) groups excluding carboxylic acids is 1. The third-order valence-corrected chi connectivity index (χ3v) is 5.60. The number of hydrazone groups is 1. The molecule has 2 N–H and O–H groups in total. The summed E-state index contributed by atoms with van der Waals surface area (Å²) in [5, 5.41) is 4.00. The summed E-state index contributed by atoms with van der Waals surface area (Å²) in [6.07, 6.45) is 6.97. The number of aromatic nitrogens is 2. The minimum absolute atomic E-state index is 0.0712. The number of H-pyrrole nitrogens is 1. The predicted octanol–water partition coefficient (Wildman–Crippen LogP) is 4.95. The fourth-order valence-corrected chi connectivity index (χ4v) is 3.77. The van der Waals surface area contributed by atoms with E-state index < -0.39 is 5.41 Å². The van der Waals surface area contributed by atoms with Gasteiger partial charge >= 0.3 is 0 Å². The number of ether oxygens (including phenoxy) is 1. The molecule has 1 amide bonds. The lowest BCUT2D eigenvalue weighted by Crippen LogP contribution is -2.37. The van der Waals surface area contributed by atoms with Crippen LogP contribution in [0, 0.1) is 0 Å². The zero-order valence-corrected chi connectivity index (χ0v) is 17.6. The molecule has 0 saturated carbocycles. The molecule has 0 saturated heterocycles. The number of rotatable bonds is 8. The van der Waals surface area contributed by atoms with E-state index in [4.69, 9.17) is 9.72 Å². The van der Waals surface area contributed by atoms with Gasteiger partial charge in [0.15, 0.2) is 0 Å². The topological polar surface area (TPSA) is 79.4 Å². The van der Waals surface area contributed by atoms with Gasteiger partial charge < -0.3 is 9.72 Å². The third-order valence-electron chi connectivity index (χ3n) is 5.60. The minimum Gasteiger partial charge on any atom is -0.494 e. The second kappa shape index (κ2) is 8.69. The molecule has 30 heavy (non-hydrogen) atoms. The van der Waals surface area contributed by atoms with Crippen molar-refractivity contribution in [3.05, 3.63) is 48.0 Å². The van der Waals surface area contributed by atoms with Crippen molar-refractivity contribution in [1.29, 1.82) is 0 Å². The molecule has 0 radical (unpaired) electrons. The lowest BCUT2D eigenvalue weighted by atomic mass is 9.79. The van der Waals surface area contributed by atoms with E-state index in [-0.39, 0.29) is 5.91 Å². The first-order valence-corrected chi connectivity index (χ1v) is 10.6. The van der Waals surface area contributed by atoms with Crippen molar-refractivity contribution in [3.63, 3.8) is 0 Å². The number of aromatic amines is 1. The molecule has 1 aromatic heterocycles. The van der Waals surface area contributed by atoms with Crippen LogP contribution in [0.3, 0.4) is 0 Å². The van der Waals surface area contributed by atoms with E-state index >= 15 is 0 Å². The van der Waals surface area contributed by atoms with Gasteiger partial charge in [0.1, 0.15) is 11.6 Å². The number of hydrogen-bond donors (Lipinski definition) is 2. The van der Waals surface area contributed by atoms with Gasteiger partial charge in [0, 0.05) is 23.6 Å². The van der Waals surface area contributed by atoms with Crippen molar-refractivity contribution in [1.82, 2.24) is 15.4 Å². The summed E-state index contributed by atoms with van der Waals surface area (Å²) in [7, 11) is 0. The average Bonchev–Trinajstić information content (AvgIpc) is 3.17. The van der Waals surface area contributed by atoms with Crippen LogP contribution >= 0.6 is 0 Å². The monoisotopic (exact) mass is 404 g/mol. The zero-order valence-electron chi connectivity index (χ0n) is 17.6. The minimum atomic E-state index is -0.419. The van der Waals surface area contributed by atoms with Crippen LogP contribution in [-0.4, -0.2) is 28.7 Å². The van der Waals surface area contributed by atoms with E-state index in [1.807, 2.05) is 43.3 Å². The molecule has 6 nitrogen and oxygen atoms in total. The summed E-state index contributed by atoms with van der Waals surface area (Å²) < 4.78 is 5.83.